The molecule has 0 saturated heterocycles. The van der Waals surface area contributed by atoms with Gasteiger partial charge in [-0.15, -0.1) is 0 Å². The lowest BCUT2D eigenvalue weighted by Crippen LogP contribution is -2.55. The molecule has 0 aromatic rings. The van der Waals surface area contributed by atoms with Crippen molar-refractivity contribution in [3.8, 4) is 6.07 Å². The highest BCUT2D eigenvalue weighted by atomic mass is 32.2. The fourth-order valence-electron chi connectivity index (χ4n) is 7.82. The summed E-state index contributed by atoms with van der Waals surface area (Å²) in [7, 11) is -3.64. The first kappa shape index (κ1) is 27.4. The molecule has 0 aliphatic heterocycles. The van der Waals surface area contributed by atoms with Gasteiger partial charge in [0.1, 0.15) is 12.2 Å². The van der Waals surface area contributed by atoms with E-state index in [9.17, 15) is 23.3 Å². The zero-order valence-electron chi connectivity index (χ0n) is 22.0. The van der Waals surface area contributed by atoms with Crippen molar-refractivity contribution in [2.75, 3.05) is 5.75 Å². The van der Waals surface area contributed by atoms with E-state index in [4.69, 9.17) is 9.47 Å². The van der Waals surface area contributed by atoms with E-state index < -0.39 is 39.6 Å². The van der Waals surface area contributed by atoms with Gasteiger partial charge in [-0.1, -0.05) is 52.4 Å². The molecule has 8 nitrogen and oxygen atoms in total. The Hall–Kier alpha value is -1.66. The van der Waals surface area contributed by atoms with E-state index in [1.807, 2.05) is 4.31 Å². The highest BCUT2D eigenvalue weighted by Gasteiger charge is 2.67. The van der Waals surface area contributed by atoms with Gasteiger partial charge in [0.2, 0.25) is 10.0 Å². The van der Waals surface area contributed by atoms with Gasteiger partial charge in [-0.25, -0.2) is 13.2 Å². The van der Waals surface area contributed by atoms with Crippen molar-refractivity contribution in [3.05, 3.63) is 0 Å². The first-order valence-electron chi connectivity index (χ1n) is 13.8. The summed E-state index contributed by atoms with van der Waals surface area (Å²) in [6, 6.07) is 1.80. The molecule has 0 aromatic carbocycles. The highest BCUT2D eigenvalue weighted by molar-refractivity contribution is 7.89. The summed E-state index contributed by atoms with van der Waals surface area (Å²) in [5.41, 5.74) is -1.07. The smallest absolute Gasteiger partial charge is 0.362 e. The molecule has 4 rings (SSSR count). The van der Waals surface area contributed by atoms with Gasteiger partial charge >= 0.3 is 11.9 Å². The first-order valence-corrected chi connectivity index (χ1v) is 15.4. The normalized spacial score (nSPS) is 31.6. The number of carbonyl (C=O) groups is 2. The third-order valence-electron chi connectivity index (χ3n) is 9.86. The zero-order chi connectivity index (χ0) is 26.1. The molecule has 1 unspecified atom stereocenters. The number of ether oxygens (including phenoxy) is 2. The summed E-state index contributed by atoms with van der Waals surface area (Å²) >= 11 is 0. The Bertz CT molecular complexity index is 959. The summed E-state index contributed by atoms with van der Waals surface area (Å²) in [6.07, 6.45) is 10.1. The SMILES string of the molecule is CC(=O)OC(C#N)C(=O)O[C@@H]1C[C@H]2CC[C@]1(CS(=O)(=O)N(C1CCCCC1)C1CCCCC1)C2(C)C. The van der Waals surface area contributed by atoms with Crippen LogP contribution in [0.2, 0.25) is 0 Å². The Kier molecular flexibility index (Phi) is 8.07. The molecule has 0 amide bonds. The van der Waals surface area contributed by atoms with Gasteiger partial charge < -0.3 is 9.47 Å². The molecule has 0 heterocycles. The average Bonchev–Trinajstić information content (AvgIpc) is 3.18. The lowest BCUT2D eigenvalue weighted by atomic mass is 9.69. The van der Waals surface area contributed by atoms with Crippen molar-refractivity contribution in [1.29, 1.82) is 5.26 Å². The number of hydrogen-bond acceptors (Lipinski definition) is 7. The molecule has 0 N–H and O–H groups in total. The van der Waals surface area contributed by atoms with E-state index in [1.54, 1.807) is 6.07 Å². The molecule has 36 heavy (non-hydrogen) atoms. The van der Waals surface area contributed by atoms with Crippen molar-refractivity contribution < 1.29 is 27.5 Å². The van der Waals surface area contributed by atoms with Crippen LogP contribution in [0.1, 0.15) is 104 Å². The van der Waals surface area contributed by atoms with E-state index in [-0.39, 0.29) is 29.2 Å². The second-order valence-corrected chi connectivity index (χ2v) is 13.9. The molecule has 4 saturated carbocycles. The monoisotopic (exact) mass is 522 g/mol. The Morgan fingerprint density at radius 3 is 2.03 bits per heavy atom. The predicted octanol–water partition coefficient (Wildman–Crippen LogP) is 4.48. The second kappa shape index (κ2) is 10.6. The van der Waals surface area contributed by atoms with Crippen LogP contribution in [0.25, 0.3) is 0 Å². The average molecular weight is 523 g/mol. The minimum Gasteiger partial charge on any atom is -0.458 e. The number of carbonyl (C=O) groups excluding carboxylic acids is 2. The van der Waals surface area contributed by atoms with Crippen LogP contribution in [-0.4, -0.2) is 54.7 Å². The number of sulfonamides is 1. The predicted molar refractivity (Wildman–Crippen MR) is 134 cm³/mol. The summed E-state index contributed by atoms with van der Waals surface area (Å²) in [6.45, 7) is 5.35. The van der Waals surface area contributed by atoms with Gasteiger partial charge in [-0.3, -0.25) is 4.79 Å². The number of nitriles is 1. The maximum atomic E-state index is 14.4. The molecule has 9 heteroatoms. The minimum atomic E-state index is -3.64. The van der Waals surface area contributed by atoms with E-state index in [0.29, 0.717) is 12.8 Å². The standard InChI is InChI=1S/C27H42N2O6S/c1-19(30)34-23(17-28)25(31)35-24-16-20-14-15-27(24,26(20,2)3)18-36(32,33)29(21-10-6-4-7-11-21)22-12-8-5-9-13-22/h20-24H,4-16,18H2,1-3H3/t20-,23?,24-,27-/m1/s1. The van der Waals surface area contributed by atoms with Crippen LogP contribution in [0, 0.1) is 28.1 Å². The number of fused-ring (bicyclic) bond motifs is 2. The van der Waals surface area contributed by atoms with Crippen molar-refractivity contribution in [3.63, 3.8) is 0 Å². The Balaban J connectivity index is 1.62. The topological polar surface area (TPSA) is 114 Å². The highest BCUT2D eigenvalue weighted by Crippen LogP contribution is 2.67. The van der Waals surface area contributed by atoms with Gasteiger partial charge in [-0.2, -0.15) is 9.57 Å². The van der Waals surface area contributed by atoms with Crippen molar-refractivity contribution >= 4 is 22.0 Å². The van der Waals surface area contributed by atoms with Crippen LogP contribution in [0.15, 0.2) is 0 Å². The summed E-state index contributed by atoms with van der Waals surface area (Å²) in [5, 5.41) is 9.34. The minimum absolute atomic E-state index is 0.0424. The molecule has 0 aromatic heterocycles. The molecule has 0 radical (unpaired) electrons. The second-order valence-electron chi connectivity index (χ2n) is 12.1. The quantitative estimate of drug-likeness (QED) is 0.432. The summed E-state index contributed by atoms with van der Waals surface area (Å²) in [5.74, 6) is -1.45. The molecular formula is C27H42N2O6S. The van der Waals surface area contributed by atoms with E-state index in [0.717, 1.165) is 77.6 Å². The maximum absolute atomic E-state index is 14.4. The fourth-order valence-corrected chi connectivity index (χ4v) is 10.7. The lowest BCUT2D eigenvalue weighted by Gasteiger charge is -2.46. The van der Waals surface area contributed by atoms with Crippen LogP contribution in [0.5, 0.6) is 0 Å². The summed E-state index contributed by atoms with van der Waals surface area (Å²) < 4.78 is 41.3. The number of hydrogen-bond donors (Lipinski definition) is 0. The van der Waals surface area contributed by atoms with Crippen molar-refractivity contribution in [1.82, 2.24) is 4.31 Å². The zero-order valence-corrected chi connectivity index (χ0v) is 22.9. The molecular weight excluding hydrogens is 480 g/mol. The van der Waals surface area contributed by atoms with E-state index in [1.165, 1.54) is 0 Å². The van der Waals surface area contributed by atoms with Crippen LogP contribution in [0.4, 0.5) is 0 Å². The molecule has 2 bridgehead atoms. The largest absolute Gasteiger partial charge is 0.458 e. The third kappa shape index (κ3) is 5.05. The van der Waals surface area contributed by atoms with E-state index in [2.05, 4.69) is 13.8 Å². The van der Waals surface area contributed by atoms with Crippen LogP contribution < -0.4 is 0 Å². The molecule has 4 aliphatic rings. The van der Waals surface area contributed by atoms with Gasteiger partial charge in [0.25, 0.3) is 6.10 Å². The molecule has 4 fully saturated rings. The van der Waals surface area contributed by atoms with Crippen LogP contribution in [0.3, 0.4) is 0 Å². The molecule has 0 spiro atoms. The molecule has 202 valence electrons. The van der Waals surface area contributed by atoms with E-state index >= 15 is 0 Å². The number of esters is 2. The Labute approximate surface area is 216 Å². The van der Waals surface area contributed by atoms with Gasteiger partial charge in [0, 0.05) is 24.4 Å². The third-order valence-corrected chi connectivity index (χ3v) is 12.0. The van der Waals surface area contributed by atoms with Crippen molar-refractivity contribution in [2.45, 2.75) is 129 Å². The lowest BCUT2D eigenvalue weighted by molar-refractivity contribution is -0.171. The van der Waals surface area contributed by atoms with Gasteiger partial charge in [0.05, 0.1) is 5.75 Å². The van der Waals surface area contributed by atoms with Crippen LogP contribution >= 0.6 is 0 Å². The first-order chi connectivity index (χ1) is 17.0. The van der Waals surface area contributed by atoms with Gasteiger partial charge in [-0.05, 0) is 56.3 Å². The van der Waals surface area contributed by atoms with Crippen molar-refractivity contribution in [2.24, 2.45) is 16.7 Å². The number of nitrogens with zero attached hydrogens (tertiary/aromatic N) is 2. The molecule has 4 atom stereocenters. The fraction of sp³-hybridized carbons (Fsp3) is 0.889. The maximum Gasteiger partial charge on any atom is 0.362 e. The number of rotatable bonds is 8. The molecule has 4 aliphatic carbocycles. The summed E-state index contributed by atoms with van der Waals surface area (Å²) in [4.78, 5) is 24.2. The van der Waals surface area contributed by atoms with Crippen LogP contribution in [-0.2, 0) is 29.1 Å². The Morgan fingerprint density at radius 2 is 1.56 bits per heavy atom. The Morgan fingerprint density at radius 1 is 1.00 bits per heavy atom. The van der Waals surface area contributed by atoms with Gasteiger partial charge in [0.15, 0.2) is 0 Å².